The molecule has 4 fully saturated rings. The van der Waals surface area contributed by atoms with Crippen molar-refractivity contribution < 1.29 is 20.1 Å². The Labute approximate surface area is 182 Å². The van der Waals surface area contributed by atoms with Crippen LogP contribution >= 0.6 is 0 Å². The maximum atomic E-state index is 11.7. The Bertz CT molecular complexity index is 649. The van der Waals surface area contributed by atoms with E-state index in [0.717, 1.165) is 32.1 Å². The molecule has 30 heavy (non-hydrogen) atoms. The third kappa shape index (κ3) is 3.36. The quantitative estimate of drug-likeness (QED) is 0.577. The molecule has 0 radical (unpaired) electrons. The minimum atomic E-state index is -0.683. The van der Waals surface area contributed by atoms with Gasteiger partial charge in [-0.15, -0.1) is 0 Å². The average Bonchev–Trinajstić information content (AvgIpc) is 3.05. The maximum absolute atomic E-state index is 11.7. The lowest BCUT2D eigenvalue weighted by Gasteiger charge is -2.64. The van der Waals surface area contributed by atoms with Gasteiger partial charge in [0, 0.05) is 6.42 Å². The van der Waals surface area contributed by atoms with Crippen molar-refractivity contribution in [3.8, 4) is 0 Å². The van der Waals surface area contributed by atoms with Crippen LogP contribution in [0.3, 0.4) is 0 Å². The van der Waals surface area contributed by atoms with Gasteiger partial charge in [-0.05, 0) is 104 Å². The second-order valence-corrected chi connectivity index (χ2v) is 12.0. The van der Waals surface area contributed by atoms with Crippen molar-refractivity contribution in [2.24, 2.45) is 52.3 Å². The number of carbonyl (C=O) groups is 1. The first-order chi connectivity index (χ1) is 14.1. The molecular formula is C26H44O4. The third-order valence-corrected chi connectivity index (χ3v) is 11.0. The molecule has 0 amide bonds. The summed E-state index contributed by atoms with van der Waals surface area (Å²) in [5.41, 5.74) is 0.480. The van der Waals surface area contributed by atoms with Crippen LogP contribution in [0, 0.1) is 52.3 Å². The molecular weight excluding hydrogens is 376 g/mol. The van der Waals surface area contributed by atoms with E-state index in [1.54, 1.807) is 0 Å². The lowest BCUT2D eigenvalue weighted by atomic mass is 9.41. The third-order valence-electron chi connectivity index (χ3n) is 11.0. The molecule has 0 saturated heterocycles. The van der Waals surface area contributed by atoms with E-state index >= 15 is 0 Å². The molecule has 172 valence electrons. The van der Waals surface area contributed by atoms with Crippen molar-refractivity contribution >= 4 is 5.97 Å². The van der Waals surface area contributed by atoms with Gasteiger partial charge >= 0.3 is 5.97 Å². The highest BCUT2D eigenvalue weighted by Gasteiger charge is 2.64. The molecule has 0 spiro atoms. The smallest absolute Gasteiger partial charge is 0.303 e. The van der Waals surface area contributed by atoms with Crippen LogP contribution < -0.4 is 0 Å². The lowest BCUT2D eigenvalue weighted by molar-refractivity contribution is -0.203. The number of carboxylic acid groups (broad SMARTS) is 1. The molecule has 4 aliphatic rings. The Balaban J connectivity index is 1.61. The molecule has 0 aromatic carbocycles. The van der Waals surface area contributed by atoms with Gasteiger partial charge < -0.3 is 15.3 Å². The highest BCUT2D eigenvalue weighted by atomic mass is 16.4. The van der Waals surface area contributed by atoms with Crippen molar-refractivity contribution in [2.75, 3.05) is 0 Å². The van der Waals surface area contributed by atoms with E-state index in [2.05, 4.69) is 27.7 Å². The fourth-order valence-corrected chi connectivity index (χ4v) is 9.48. The zero-order valence-corrected chi connectivity index (χ0v) is 19.5. The maximum Gasteiger partial charge on any atom is 0.303 e. The summed E-state index contributed by atoms with van der Waals surface area (Å²) >= 11 is 0. The molecule has 1 unspecified atom stereocenters. The molecule has 4 heteroatoms. The summed E-state index contributed by atoms with van der Waals surface area (Å²) in [5.74, 6) is 2.58. The number of carboxylic acids is 1. The van der Waals surface area contributed by atoms with Crippen LogP contribution in [0.15, 0.2) is 0 Å². The fraction of sp³-hybridized carbons (Fsp3) is 0.962. The standard InChI is InChI=1S/C26H44O4/c1-5-17-21-14-16(27)10-12-26(21,4)20-11-13-25(3)18(15(2)6-9-22(28)29)7-8-19(25)23(20)24(17)30/h15-21,23-24,27,30H,5-14H2,1-4H3,(H,28,29)/t15-,16-,17-,18-,19+,20?,21+,23+,24-,25-,26-/m1/s1. The number of hydrogen-bond acceptors (Lipinski definition) is 3. The highest BCUT2D eigenvalue weighted by Crippen LogP contribution is 2.69. The molecule has 4 aliphatic carbocycles. The van der Waals surface area contributed by atoms with E-state index in [9.17, 15) is 15.0 Å². The molecule has 11 atom stereocenters. The average molecular weight is 421 g/mol. The predicted molar refractivity (Wildman–Crippen MR) is 118 cm³/mol. The second kappa shape index (κ2) is 8.06. The minimum absolute atomic E-state index is 0.194. The summed E-state index contributed by atoms with van der Waals surface area (Å²) in [7, 11) is 0. The minimum Gasteiger partial charge on any atom is -0.481 e. The van der Waals surface area contributed by atoms with Gasteiger partial charge in [0.25, 0.3) is 0 Å². The van der Waals surface area contributed by atoms with Crippen LogP contribution in [0.1, 0.15) is 91.9 Å². The van der Waals surface area contributed by atoms with Crippen molar-refractivity contribution in [1.82, 2.24) is 0 Å². The van der Waals surface area contributed by atoms with Gasteiger partial charge in [-0.25, -0.2) is 0 Å². The van der Waals surface area contributed by atoms with Gasteiger partial charge in [-0.3, -0.25) is 4.79 Å². The van der Waals surface area contributed by atoms with E-state index in [1.807, 2.05) is 0 Å². The zero-order valence-electron chi connectivity index (χ0n) is 19.5. The molecule has 0 aliphatic heterocycles. The van der Waals surface area contributed by atoms with E-state index in [1.165, 1.54) is 25.7 Å². The van der Waals surface area contributed by atoms with Crippen LogP contribution in [0.25, 0.3) is 0 Å². The van der Waals surface area contributed by atoms with Gasteiger partial charge in [0.05, 0.1) is 12.2 Å². The number of fused-ring (bicyclic) bond motifs is 5. The lowest BCUT2D eigenvalue weighted by Crippen LogP contribution is -2.62. The first-order valence-electron chi connectivity index (χ1n) is 12.7. The van der Waals surface area contributed by atoms with Crippen LogP contribution in [-0.4, -0.2) is 33.5 Å². The van der Waals surface area contributed by atoms with E-state index in [0.29, 0.717) is 41.4 Å². The fourth-order valence-electron chi connectivity index (χ4n) is 9.48. The van der Waals surface area contributed by atoms with Gasteiger partial charge in [-0.1, -0.05) is 34.1 Å². The van der Waals surface area contributed by atoms with Crippen molar-refractivity contribution in [1.29, 1.82) is 0 Å². The summed E-state index contributed by atoms with van der Waals surface area (Å²) in [4.78, 5) is 11.1. The number of hydrogen-bond donors (Lipinski definition) is 3. The number of aliphatic hydroxyl groups excluding tert-OH is 2. The molecule has 3 N–H and O–H groups in total. The monoisotopic (exact) mass is 420 g/mol. The molecule has 0 bridgehead atoms. The number of aliphatic hydroxyl groups is 2. The van der Waals surface area contributed by atoms with Gasteiger partial charge in [-0.2, -0.15) is 0 Å². The Hall–Kier alpha value is -0.610. The zero-order chi connectivity index (χ0) is 21.8. The molecule has 4 saturated carbocycles. The van der Waals surface area contributed by atoms with Crippen molar-refractivity contribution in [3.63, 3.8) is 0 Å². The highest BCUT2D eigenvalue weighted by molar-refractivity contribution is 5.66. The normalized spacial score (nSPS) is 51.5. The van der Waals surface area contributed by atoms with Gasteiger partial charge in [0.2, 0.25) is 0 Å². The summed E-state index contributed by atoms with van der Waals surface area (Å²) in [5, 5.41) is 31.3. The first kappa shape index (κ1) is 22.6. The second-order valence-electron chi connectivity index (χ2n) is 12.0. The number of rotatable bonds is 5. The largest absolute Gasteiger partial charge is 0.481 e. The Morgan fingerprint density at radius 1 is 1.00 bits per heavy atom. The topological polar surface area (TPSA) is 77.8 Å². The molecule has 0 aromatic rings. The van der Waals surface area contributed by atoms with Crippen LogP contribution in [0.5, 0.6) is 0 Å². The molecule has 0 heterocycles. The van der Waals surface area contributed by atoms with Crippen LogP contribution in [-0.2, 0) is 4.79 Å². The van der Waals surface area contributed by atoms with Crippen molar-refractivity contribution in [3.05, 3.63) is 0 Å². The Morgan fingerprint density at radius 2 is 1.67 bits per heavy atom. The van der Waals surface area contributed by atoms with Gasteiger partial charge in [0.15, 0.2) is 0 Å². The summed E-state index contributed by atoms with van der Waals surface area (Å²) in [6.07, 6.45) is 9.27. The van der Waals surface area contributed by atoms with Crippen molar-refractivity contribution in [2.45, 2.75) is 104 Å². The van der Waals surface area contributed by atoms with Gasteiger partial charge in [0.1, 0.15) is 0 Å². The van der Waals surface area contributed by atoms with E-state index < -0.39 is 5.97 Å². The number of aliphatic carboxylic acids is 1. The van der Waals surface area contributed by atoms with Crippen LogP contribution in [0.4, 0.5) is 0 Å². The van der Waals surface area contributed by atoms with E-state index in [-0.39, 0.29) is 29.5 Å². The summed E-state index contributed by atoms with van der Waals surface area (Å²) in [6, 6.07) is 0. The Morgan fingerprint density at radius 3 is 2.33 bits per heavy atom. The van der Waals surface area contributed by atoms with Crippen LogP contribution in [0.2, 0.25) is 0 Å². The first-order valence-corrected chi connectivity index (χ1v) is 12.7. The Kier molecular flexibility index (Phi) is 6.07. The van der Waals surface area contributed by atoms with E-state index in [4.69, 9.17) is 5.11 Å². The SMILES string of the molecule is CC[C@H]1[C@@H](O)[C@@H]2C(CC[C@]3(C)[C@@H]([C@H](C)CCC(=O)O)CC[C@@H]23)[C@@]2(C)CC[C@@H](O)C[C@@H]12. The molecule has 4 rings (SSSR count). The summed E-state index contributed by atoms with van der Waals surface area (Å²) < 4.78 is 0. The predicted octanol–water partition coefficient (Wildman–Crippen LogP) is 5.11. The molecule has 4 nitrogen and oxygen atoms in total. The summed E-state index contributed by atoms with van der Waals surface area (Å²) in [6.45, 7) is 9.44. The molecule has 0 aromatic heterocycles.